The predicted molar refractivity (Wildman–Crippen MR) is 80.6 cm³/mol. The normalized spacial score (nSPS) is 22.2. The van der Waals surface area contributed by atoms with E-state index in [-0.39, 0.29) is 22.1 Å². The van der Waals surface area contributed by atoms with Crippen LogP contribution in [0.25, 0.3) is 0 Å². The molecule has 0 aliphatic carbocycles. The highest BCUT2D eigenvalue weighted by Crippen LogP contribution is 2.28. The van der Waals surface area contributed by atoms with Crippen LogP contribution in [0.4, 0.5) is 5.69 Å². The summed E-state index contributed by atoms with van der Waals surface area (Å²) in [5, 5.41) is 0. The van der Waals surface area contributed by atoms with Crippen molar-refractivity contribution in [2.75, 3.05) is 24.3 Å². The van der Waals surface area contributed by atoms with Crippen molar-refractivity contribution in [1.82, 2.24) is 4.31 Å². The van der Waals surface area contributed by atoms with Crippen molar-refractivity contribution in [3.05, 3.63) is 22.7 Å². The van der Waals surface area contributed by atoms with E-state index in [4.69, 9.17) is 5.73 Å². The number of benzene rings is 1. The van der Waals surface area contributed by atoms with Crippen LogP contribution in [0, 0.1) is 0 Å². The zero-order valence-corrected chi connectivity index (χ0v) is 14.0. The van der Waals surface area contributed by atoms with E-state index < -0.39 is 25.9 Å². The molecule has 0 spiro atoms. The number of hydrogen-bond acceptors (Lipinski definition) is 5. The van der Waals surface area contributed by atoms with Gasteiger partial charge in [-0.1, -0.05) is 15.9 Å². The van der Waals surface area contributed by atoms with Gasteiger partial charge in [-0.25, -0.2) is 16.8 Å². The third-order valence-corrected chi connectivity index (χ3v) is 7.58. The third-order valence-electron chi connectivity index (χ3n) is 3.35. The summed E-state index contributed by atoms with van der Waals surface area (Å²) in [6.07, 6.45) is 0.314. The number of hydrogen-bond donors (Lipinski definition) is 1. The van der Waals surface area contributed by atoms with E-state index in [0.717, 1.165) is 4.31 Å². The number of sulfonamides is 1. The van der Waals surface area contributed by atoms with Gasteiger partial charge in [0.25, 0.3) is 0 Å². The number of sulfone groups is 1. The SMILES string of the molecule is CN(C1CCS(=O)(=O)C1)S(=O)(=O)c1ccc(Br)cc1N. The average molecular weight is 383 g/mol. The highest BCUT2D eigenvalue weighted by Gasteiger charge is 2.37. The maximum atomic E-state index is 12.5. The van der Waals surface area contributed by atoms with Gasteiger partial charge < -0.3 is 5.73 Å². The van der Waals surface area contributed by atoms with Gasteiger partial charge in [0, 0.05) is 17.6 Å². The minimum Gasteiger partial charge on any atom is -0.398 e. The summed E-state index contributed by atoms with van der Waals surface area (Å²) in [6, 6.07) is 3.97. The molecule has 1 aliphatic heterocycles. The van der Waals surface area contributed by atoms with E-state index in [1.165, 1.54) is 19.2 Å². The van der Waals surface area contributed by atoms with Gasteiger partial charge >= 0.3 is 0 Å². The number of nitrogen functional groups attached to an aromatic ring is 1. The van der Waals surface area contributed by atoms with Crippen LogP contribution < -0.4 is 5.73 Å². The van der Waals surface area contributed by atoms with Gasteiger partial charge in [-0.2, -0.15) is 4.31 Å². The fourth-order valence-electron chi connectivity index (χ4n) is 2.17. The Bertz CT molecular complexity index is 731. The summed E-state index contributed by atoms with van der Waals surface area (Å²) in [5.41, 5.74) is 5.87. The Labute approximate surface area is 127 Å². The molecule has 1 atom stereocenters. The van der Waals surface area contributed by atoms with E-state index in [0.29, 0.717) is 10.9 Å². The molecule has 0 radical (unpaired) electrons. The van der Waals surface area contributed by atoms with Crippen LogP contribution in [0.1, 0.15) is 6.42 Å². The summed E-state index contributed by atoms with van der Waals surface area (Å²) in [5.74, 6) is -0.119. The van der Waals surface area contributed by atoms with Gasteiger partial charge in [-0.15, -0.1) is 0 Å². The highest BCUT2D eigenvalue weighted by atomic mass is 79.9. The summed E-state index contributed by atoms with van der Waals surface area (Å²) in [6.45, 7) is 0. The second kappa shape index (κ2) is 5.28. The van der Waals surface area contributed by atoms with Gasteiger partial charge in [0.05, 0.1) is 17.2 Å². The minimum atomic E-state index is -3.80. The van der Waals surface area contributed by atoms with E-state index in [9.17, 15) is 16.8 Å². The molecule has 1 unspecified atom stereocenters. The molecule has 9 heteroatoms. The Kier molecular flexibility index (Phi) is 4.16. The second-order valence-corrected chi connectivity index (χ2v) is 9.87. The Morgan fingerprint density at radius 1 is 1.40 bits per heavy atom. The van der Waals surface area contributed by atoms with Crippen LogP contribution in [0.15, 0.2) is 27.6 Å². The second-order valence-electron chi connectivity index (χ2n) is 4.76. The van der Waals surface area contributed by atoms with Crippen molar-refractivity contribution in [1.29, 1.82) is 0 Å². The number of halogens is 1. The monoisotopic (exact) mass is 382 g/mol. The standard InChI is InChI=1S/C11H15BrN2O4S2/c1-14(9-4-5-19(15,16)7-9)20(17,18)11-3-2-8(12)6-10(11)13/h2-3,6,9H,4-5,7,13H2,1H3. The molecule has 1 saturated heterocycles. The molecule has 0 bridgehead atoms. The lowest BCUT2D eigenvalue weighted by Gasteiger charge is -2.23. The zero-order chi connectivity index (χ0) is 15.1. The molecule has 6 nitrogen and oxygen atoms in total. The molecule has 112 valence electrons. The molecule has 1 aromatic carbocycles. The molecule has 0 amide bonds. The summed E-state index contributed by atoms with van der Waals surface area (Å²) in [7, 11) is -5.55. The molecule has 0 saturated carbocycles. The summed E-state index contributed by atoms with van der Waals surface area (Å²) in [4.78, 5) is -0.00695. The Hall–Kier alpha value is -0.640. The van der Waals surface area contributed by atoms with Crippen LogP contribution in [0.2, 0.25) is 0 Å². The van der Waals surface area contributed by atoms with E-state index in [1.54, 1.807) is 6.07 Å². The largest absolute Gasteiger partial charge is 0.398 e. The molecule has 20 heavy (non-hydrogen) atoms. The third kappa shape index (κ3) is 3.00. The first-order valence-electron chi connectivity index (χ1n) is 5.87. The minimum absolute atomic E-state index is 0.00695. The van der Waals surface area contributed by atoms with Crippen LogP contribution in [-0.2, 0) is 19.9 Å². The predicted octanol–water partition coefficient (Wildman–Crippen LogP) is 0.839. The first kappa shape index (κ1) is 15.7. The molecular formula is C11H15BrN2O4S2. The molecule has 1 heterocycles. The van der Waals surface area contributed by atoms with Crippen molar-refractivity contribution >= 4 is 41.5 Å². The molecule has 0 aromatic heterocycles. The van der Waals surface area contributed by atoms with Gasteiger partial charge in [-0.05, 0) is 24.6 Å². The number of nitrogens with two attached hydrogens (primary N) is 1. The van der Waals surface area contributed by atoms with Crippen molar-refractivity contribution in [2.45, 2.75) is 17.4 Å². The Morgan fingerprint density at radius 3 is 2.55 bits per heavy atom. The first-order chi connectivity index (χ1) is 9.13. The van der Waals surface area contributed by atoms with Crippen molar-refractivity contribution in [3.8, 4) is 0 Å². The quantitative estimate of drug-likeness (QED) is 0.780. The lowest BCUT2D eigenvalue weighted by atomic mass is 10.3. The van der Waals surface area contributed by atoms with Crippen LogP contribution >= 0.6 is 15.9 Å². The zero-order valence-electron chi connectivity index (χ0n) is 10.8. The van der Waals surface area contributed by atoms with Crippen molar-refractivity contribution < 1.29 is 16.8 Å². The molecule has 2 rings (SSSR count). The first-order valence-corrected chi connectivity index (χ1v) is 9.92. The van der Waals surface area contributed by atoms with Crippen LogP contribution in [0.3, 0.4) is 0 Å². The Morgan fingerprint density at radius 2 is 2.05 bits per heavy atom. The number of nitrogens with zero attached hydrogens (tertiary/aromatic N) is 1. The Balaban J connectivity index is 2.35. The van der Waals surface area contributed by atoms with Crippen LogP contribution in [-0.4, -0.2) is 45.7 Å². The van der Waals surface area contributed by atoms with Gasteiger partial charge in [-0.3, -0.25) is 0 Å². The van der Waals surface area contributed by atoms with Crippen LogP contribution in [0.5, 0.6) is 0 Å². The van der Waals surface area contributed by atoms with Gasteiger partial charge in [0.2, 0.25) is 10.0 Å². The van der Waals surface area contributed by atoms with Crippen molar-refractivity contribution in [2.24, 2.45) is 0 Å². The maximum absolute atomic E-state index is 12.5. The lowest BCUT2D eigenvalue weighted by Crippen LogP contribution is -2.38. The average Bonchev–Trinajstić information content (AvgIpc) is 2.68. The van der Waals surface area contributed by atoms with E-state index >= 15 is 0 Å². The summed E-state index contributed by atoms with van der Waals surface area (Å²) >= 11 is 3.21. The molecule has 1 fully saturated rings. The fraction of sp³-hybridized carbons (Fsp3) is 0.455. The van der Waals surface area contributed by atoms with Crippen molar-refractivity contribution in [3.63, 3.8) is 0 Å². The van der Waals surface area contributed by atoms with E-state index in [1.807, 2.05) is 0 Å². The topological polar surface area (TPSA) is 97.5 Å². The van der Waals surface area contributed by atoms with E-state index in [2.05, 4.69) is 15.9 Å². The molecule has 2 N–H and O–H groups in total. The van der Waals surface area contributed by atoms with Gasteiger partial charge in [0.1, 0.15) is 4.90 Å². The molecule has 1 aromatic rings. The fourth-order valence-corrected chi connectivity index (χ4v) is 5.89. The lowest BCUT2D eigenvalue weighted by molar-refractivity contribution is 0.394. The summed E-state index contributed by atoms with van der Waals surface area (Å²) < 4.78 is 49.7. The molecule has 1 aliphatic rings. The number of anilines is 1. The maximum Gasteiger partial charge on any atom is 0.245 e. The number of rotatable bonds is 3. The van der Waals surface area contributed by atoms with Gasteiger partial charge in [0.15, 0.2) is 9.84 Å². The molecular weight excluding hydrogens is 368 g/mol. The highest BCUT2D eigenvalue weighted by molar-refractivity contribution is 9.10. The smallest absolute Gasteiger partial charge is 0.245 e.